The molecule has 1 aliphatic rings. The van der Waals surface area contributed by atoms with Gasteiger partial charge in [-0.3, -0.25) is 0 Å². The number of esters is 1. The number of hydrogen-bond donors (Lipinski definition) is 1. The largest absolute Gasteiger partial charge is 0.460 e. The molecule has 1 aliphatic heterocycles. The summed E-state index contributed by atoms with van der Waals surface area (Å²) in [5, 5.41) is 13.5. The van der Waals surface area contributed by atoms with Crippen molar-refractivity contribution < 1.29 is 9.53 Å². The van der Waals surface area contributed by atoms with Crippen LogP contribution in [0.3, 0.4) is 0 Å². The van der Waals surface area contributed by atoms with Crippen LogP contribution in [0.15, 0.2) is 0 Å². The van der Waals surface area contributed by atoms with Crippen LogP contribution in [0.2, 0.25) is 0 Å². The Labute approximate surface area is 118 Å². The first-order valence-corrected chi connectivity index (χ1v) is 6.34. The Balaban J connectivity index is 1.97. The maximum absolute atomic E-state index is 11.9. The number of hydrogen-bond acceptors (Lipinski definition) is 6. The lowest BCUT2D eigenvalue weighted by Crippen LogP contribution is -2.39. The molecule has 7 nitrogen and oxygen atoms in total. The summed E-state index contributed by atoms with van der Waals surface area (Å²) in [6.07, 6.45) is 1.48. The summed E-state index contributed by atoms with van der Waals surface area (Å²) in [7, 11) is 0. The van der Waals surface area contributed by atoms with Gasteiger partial charge < -0.3 is 9.64 Å². The van der Waals surface area contributed by atoms with Crippen molar-refractivity contribution in [2.24, 2.45) is 0 Å². The Kier molecular flexibility index (Phi) is 4.14. The monoisotopic (exact) mass is 313 g/mol. The van der Waals surface area contributed by atoms with Gasteiger partial charge in [-0.15, -0.1) is 5.10 Å². The first-order chi connectivity index (χ1) is 8.47. The summed E-state index contributed by atoms with van der Waals surface area (Å²) in [5.41, 5.74) is 0. The molecular formula is C8H10Cl3N5O2. The van der Waals surface area contributed by atoms with E-state index in [9.17, 15) is 4.79 Å². The highest BCUT2D eigenvalue weighted by atomic mass is 35.6. The SMILES string of the molecule is O=C(OCC(Cl)(Cl)Cl)C1CCCN1c1nn[nH]n1. The van der Waals surface area contributed by atoms with Gasteiger partial charge >= 0.3 is 5.97 Å². The van der Waals surface area contributed by atoms with E-state index in [1.54, 1.807) is 4.90 Å². The number of nitrogens with zero attached hydrogens (tertiary/aromatic N) is 4. The first-order valence-electron chi connectivity index (χ1n) is 5.21. The second kappa shape index (κ2) is 5.46. The van der Waals surface area contributed by atoms with Crippen LogP contribution in [0.5, 0.6) is 0 Å². The van der Waals surface area contributed by atoms with E-state index in [4.69, 9.17) is 39.5 Å². The number of aromatic amines is 1. The predicted molar refractivity (Wildman–Crippen MR) is 65.8 cm³/mol. The van der Waals surface area contributed by atoms with E-state index in [1.807, 2.05) is 0 Å². The molecule has 1 fully saturated rings. The number of alkyl halides is 3. The van der Waals surface area contributed by atoms with Gasteiger partial charge in [0.25, 0.3) is 5.95 Å². The third kappa shape index (κ3) is 3.37. The Morgan fingerprint density at radius 2 is 2.33 bits per heavy atom. The molecule has 2 rings (SSSR count). The lowest BCUT2D eigenvalue weighted by molar-refractivity contribution is -0.144. The summed E-state index contributed by atoms with van der Waals surface area (Å²) in [6, 6.07) is -0.463. The van der Waals surface area contributed by atoms with Crippen molar-refractivity contribution in [1.82, 2.24) is 20.6 Å². The maximum atomic E-state index is 11.9. The van der Waals surface area contributed by atoms with Gasteiger partial charge in [-0.1, -0.05) is 39.9 Å². The summed E-state index contributed by atoms with van der Waals surface area (Å²) in [4.78, 5) is 13.6. The zero-order valence-electron chi connectivity index (χ0n) is 9.15. The third-order valence-corrected chi connectivity index (χ3v) is 2.82. The van der Waals surface area contributed by atoms with Crippen molar-refractivity contribution in [3.8, 4) is 0 Å². The molecule has 1 aromatic heterocycles. The second-order valence-electron chi connectivity index (χ2n) is 3.79. The normalized spacial score (nSPS) is 20.2. The molecule has 1 atom stereocenters. The molecule has 0 amide bonds. The molecule has 0 aromatic carbocycles. The first kappa shape index (κ1) is 13.6. The van der Waals surface area contributed by atoms with E-state index in [0.717, 1.165) is 6.42 Å². The number of H-pyrrole nitrogens is 1. The van der Waals surface area contributed by atoms with Gasteiger partial charge in [-0.2, -0.15) is 5.21 Å². The van der Waals surface area contributed by atoms with Gasteiger partial charge in [0.1, 0.15) is 12.6 Å². The molecule has 2 heterocycles. The number of tetrazole rings is 1. The molecule has 0 bridgehead atoms. The zero-order valence-corrected chi connectivity index (χ0v) is 11.4. The van der Waals surface area contributed by atoms with Crippen molar-refractivity contribution >= 4 is 46.7 Å². The van der Waals surface area contributed by atoms with E-state index < -0.39 is 15.8 Å². The fraction of sp³-hybridized carbons (Fsp3) is 0.750. The fourth-order valence-electron chi connectivity index (χ4n) is 1.78. The molecule has 18 heavy (non-hydrogen) atoms. The van der Waals surface area contributed by atoms with Crippen molar-refractivity contribution in [3.05, 3.63) is 0 Å². The van der Waals surface area contributed by atoms with Gasteiger partial charge in [0.05, 0.1) is 0 Å². The van der Waals surface area contributed by atoms with E-state index in [2.05, 4.69) is 20.6 Å². The number of nitrogens with one attached hydrogen (secondary N) is 1. The molecule has 1 unspecified atom stereocenters. The summed E-state index contributed by atoms with van der Waals surface area (Å²) < 4.78 is 3.35. The van der Waals surface area contributed by atoms with E-state index in [0.29, 0.717) is 18.9 Å². The zero-order chi connectivity index (χ0) is 13.2. The van der Waals surface area contributed by atoms with Crippen molar-refractivity contribution in [3.63, 3.8) is 0 Å². The minimum Gasteiger partial charge on any atom is -0.460 e. The summed E-state index contributed by atoms with van der Waals surface area (Å²) in [5.74, 6) is -0.0908. The third-order valence-electron chi connectivity index (χ3n) is 2.49. The Morgan fingerprint density at radius 3 is 2.94 bits per heavy atom. The molecular weight excluding hydrogens is 304 g/mol. The minimum absolute atomic E-state index is 0.285. The average Bonchev–Trinajstić information content (AvgIpc) is 2.94. The number of anilines is 1. The Bertz CT molecular complexity index is 407. The van der Waals surface area contributed by atoms with Gasteiger partial charge in [0, 0.05) is 6.54 Å². The van der Waals surface area contributed by atoms with Crippen LogP contribution in [0.4, 0.5) is 5.95 Å². The van der Waals surface area contributed by atoms with Crippen molar-refractivity contribution in [2.45, 2.75) is 22.7 Å². The number of rotatable bonds is 3. The van der Waals surface area contributed by atoms with Crippen LogP contribution in [-0.4, -0.2) is 49.6 Å². The number of aromatic nitrogens is 4. The topological polar surface area (TPSA) is 84.0 Å². The number of ether oxygens (including phenoxy) is 1. The quantitative estimate of drug-likeness (QED) is 0.664. The Morgan fingerprint density at radius 1 is 1.56 bits per heavy atom. The number of carbonyl (C=O) groups excluding carboxylic acids is 1. The molecule has 0 aliphatic carbocycles. The lowest BCUT2D eigenvalue weighted by Gasteiger charge is -2.22. The minimum atomic E-state index is -1.61. The molecule has 0 radical (unpaired) electrons. The van der Waals surface area contributed by atoms with Crippen molar-refractivity contribution in [1.29, 1.82) is 0 Å². The fourth-order valence-corrected chi connectivity index (χ4v) is 1.94. The summed E-state index contributed by atoms with van der Waals surface area (Å²) in [6.45, 7) is 0.375. The molecule has 1 saturated heterocycles. The lowest BCUT2D eigenvalue weighted by atomic mass is 10.2. The molecule has 0 spiro atoms. The van der Waals surface area contributed by atoms with Gasteiger partial charge in [0.15, 0.2) is 0 Å². The van der Waals surface area contributed by atoms with Crippen LogP contribution in [0, 0.1) is 0 Å². The second-order valence-corrected chi connectivity index (χ2v) is 6.30. The maximum Gasteiger partial charge on any atom is 0.329 e. The highest BCUT2D eigenvalue weighted by Gasteiger charge is 2.35. The van der Waals surface area contributed by atoms with Gasteiger partial charge in [-0.05, 0) is 18.1 Å². The highest BCUT2D eigenvalue weighted by molar-refractivity contribution is 6.67. The standard InChI is InChI=1S/C8H10Cl3N5O2/c9-8(10,11)4-18-6(17)5-2-1-3-16(5)7-12-14-15-13-7/h5H,1-4H2,(H,12,13,14,15). The molecule has 1 aromatic rings. The Hall–Kier alpha value is -0.790. The van der Waals surface area contributed by atoms with Gasteiger partial charge in [-0.25, -0.2) is 4.79 Å². The average molecular weight is 315 g/mol. The van der Waals surface area contributed by atoms with Crippen LogP contribution in [0.25, 0.3) is 0 Å². The van der Waals surface area contributed by atoms with Crippen LogP contribution in [-0.2, 0) is 9.53 Å². The molecule has 0 saturated carbocycles. The van der Waals surface area contributed by atoms with Gasteiger partial charge in [0.2, 0.25) is 3.79 Å². The van der Waals surface area contributed by atoms with E-state index in [-0.39, 0.29) is 6.61 Å². The smallest absolute Gasteiger partial charge is 0.329 e. The van der Waals surface area contributed by atoms with E-state index >= 15 is 0 Å². The number of halogens is 3. The van der Waals surface area contributed by atoms with Crippen LogP contribution < -0.4 is 4.90 Å². The molecule has 1 N–H and O–H groups in total. The van der Waals surface area contributed by atoms with Crippen molar-refractivity contribution in [2.75, 3.05) is 18.1 Å². The van der Waals surface area contributed by atoms with Crippen LogP contribution >= 0.6 is 34.8 Å². The molecule has 100 valence electrons. The molecule has 10 heteroatoms. The highest BCUT2D eigenvalue weighted by Crippen LogP contribution is 2.27. The summed E-state index contributed by atoms with van der Waals surface area (Å²) >= 11 is 16.6. The predicted octanol–water partition coefficient (Wildman–Crippen LogP) is 1.08. The van der Waals surface area contributed by atoms with E-state index in [1.165, 1.54) is 0 Å². The van der Waals surface area contributed by atoms with Crippen LogP contribution in [0.1, 0.15) is 12.8 Å². The number of carbonyl (C=O) groups is 1.